The number of nitrogens with zero attached hydrogens (tertiary/aromatic N) is 2. The van der Waals surface area contributed by atoms with Gasteiger partial charge in [-0.2, -0.15) is 0 Å². The standard InChI is InChI=1S/C16H14N4O/c1-10-18-13-9-14(17)20-12(15(13)16(21)19-10)8-7-11-5-3-2-4-6-11/h2-9H,1H3,(H2,17,20)(H,18,19,21)/b8-7+. The predicted octanol–water partition coefficient (Wildman–Crippen LogP) is 2.38. The van der Waals surface area contributed by atoms with Crippen molar-refractivity contribution in [2.45, 2.75) is 6.92 Å². The maximum Gasteiger partial charge on any atom is 0.260 e. The highest BCUT2D eigenvalue weighted by Crippen LogP contribution is 2.17. The molecule has 0 bridgehead atoms. The summed E-state index contributed by atoms with van der Waals surface area (Å²) in [5.74, 6) is 0.892. The lowest BCUT2D eigenvalue weighted by molar-refractivity contribution is 1.05. The molecule has 0 amide bonds. The lowest BCUT2D eigenvalue weighted by Crippen LogP contribution is -2.12. The second-order valence-corrected chi connectivity index (χ2v) is 4.72. The van der Waals surface area contributed by atoms with Crippen LogP contribution in [-0.4, -0.2) is 15.0 Å². The van der Waals surface area contributed by atoms with Gasteiger partial charge in [0.15, 0.2) is 0 Å². The van der Waals surface area contributed by atoms with Crippen LogP contribution in [0.2, 0.25) is 0 Å². The van der Waals surface area contributed by atoms with Crippen LogP contribution >= 0.6 is 0 Å². The van der Waals surface area contributed by atoms with E-state index in [0.717, 1.165) is 5.56 Å². The molecule has 1 aromatic carbocycles. The van der Waals surface area contributed by atoms with Crippen LogP contribution in [0, 0.1) is 6.92 Å². The Bertz CT molecular complexity index is 877. The Morgan fingerprint density at radius 3 is 2.67 bits per heavy atom. The van der Waals surface area contributed by atoms with E-state index in [1.807, 2.05) is 36.4 Å². The van der Waals surface area contributed by atoms with Crippen molar-refractivity contribution in [1.82, 2.24) is 15.0 Å². The number of hydrogen-bond acceptors (Lipinski definition) is 4. The van der Waals surface area contributed by atoms with Crippen LogP contribution in [0.5, 0.6) is 0 Å². The Morgan fingerprint density at radius 1 is 1.14 bits per heavy atom. The summed E-state index contributed by atoms with van der Waals surface area (Å²) in [4.78, 5) is 23.4. The molecule has 3 rings (SSSR count). The second kappa shape index (κ2) is 5.20. The molecule has 0 aliphatic rings. The first-order valence-electron chi connectivity index (χ1n) is 6.54. The van der Waals surface area contributed by atoms with Crippen molar-refractivity contribution in [1.29, 1.82) is 0 Å². The molecule has 2 heterocycles. The molecule has 2 aromatic heterocycles. The van der Waals surface area contributed by atoms with Gasteiger partial charge < -0.3 is 10.7 Å². The summed E-state index contributed by atoms with van der Waals surface area (Å²) < 4.78 is 0. The van der Waals surface area contributed by atoms with Gasteiger partial charge in [-0.3, -0.25) is 4.79 Å². The van der Waals surface area contributed by atoms with Gasteiger partial charge in [0.2, 0.25) is 0 Å². The zero-order chi connectivity index (χ0) is 14.8. The number of nitrogen functional groups attached to an aromatic ring is 1. The van der Waals surface area contributed by atoms with E-state index in [0.29, 0.717) is 28.2 Å². The first-order chi connectivity index (χ1) is 10.1. The maximum atomic E-state index is 12.1. The maximum absolute atomic E-state index is 12.1. The van der Waals surface area contributed by atoms with Crippen LogP contribution in [0.25, 0.3) is 23.1 Å². The van der Waals surface area contributed by atoms with Crippen LogP contribution in [0.15, 0.2) is 41.2 Å². The minimum absolute atomic E-state index is 0.210. The van der Waals surface area contributed by atoms with E-state index in [9.17, 15) is 4.79 Å². The molecule has 0 saturated carbocycles. The fourth-order valence-electron chi connectivity index (χ4n) is 2.19. The number of anilines is 1. The van der Waals surface area contributed by atoms with Gasteiger partial charge in [0, 0.05) is 6.07 Å². The molecule has 0 radical (unpaired) electrons. The van der Waals surface area contributed by atoms with Gasteiger partial charge >= 0.3 is 0 Å². The molecule has 0 atom stereocenters. The molecular weight excluding hydrogens is 264 g/mol. The highest BCUT2D eigenvalue weighted by atomic mass is 16.1. The number of fused-ring (bicyclic) bond motifs is 1. The van der Waals surface area contributed by atoms with E-state index < -0.39 is 0 Å². The van der Waals surface area contributed by atoms with Gasteiger partial charge in [-0.25, -0.2) is 9.97 Å². The summed E-state index contributed by atoms with van der Waals surface area (Å²) in [6.45, 7) is 1.73. The van der Waals surface area contributed by atoms with E-state index in [1.165, 1.54) is 0 Å². The first-order valence-corrected chi connectivity index (χ1v) is 6.54. The SMILES string of the molecule is Cc1nc2cc(N)nc(/C=C/c3ccccc3)c2c(=O)[nH]1. The van der Waals surface area contributed by atoms with E-state index in [2.05, 4.69) is 15.0 Å². The van der Waals surface area contributed by atoms with Crippen molar-refractivity contribution >= 4 is 28.9 Å². The van der Waals surface area contributed by atoms with Crippen LogP contribution in [0.3, 0.4) is 0 Å². The lowest BCUT2D eigenvalue weighted by Gasteiger charge is -2.03. The smallest absolute Gasteiger partial charge is 0.260 e. The number of aryl methyl sites for hydroxylation is 1. The minimum atomic E-state index is -0.210. The zero-order valence-corrected chi connectivity index (χ0v) is 11.5. The van der Waals surface area contributed by atoms with Crippen molar-refractivity contribution in [3.63, 3.8) is 0 Å². The third-order valence-electron chi connectivity index (χ3n) is 3.09. The number of rotatable bonds is 2. The lowest BCUT2D eigenvalue weighted by atomic mass is 10.1. The van der Waals surface area contributed by atoms with Crippen molar-refractivity contribution in [2.24, 2.45) is 0 Å². The third kappa shape index (κ3) is 2.67. The van der Waals surface area contributed by atoms with E-state index >= 15 is 0 Å². The van der Waals surface area contributed by atoms with Crippen molar-refractivity contribution < 1.29 is 0 Å². The van der Waals surface area contributed by atoms with Crippen LogP contribution < -0.4 is 11.3 Å². The Labute approximate surface area is 121 Å². The average molecular weight is 278 g/mol. The Balaban J connectivity index is 2.18. The molecule has 0 saturated heterocycles. The molecule has 3 aromatic rings. The normalized spacial score (nSPS) is 11.3. The number of hydrogen-bond donors (Lipinski definition) is 2. The van der Waals surface area contributed by atoms with Crippen molar-refractivity contribution in [3.05, 3.63) is 63.8 Å². The monoisotopic (exact) mass is 278 g/mol. The van der Waals surface area contributed by atoms with E-state index in [4.69, 9.17) is 5.73 Å². The predicted molar refractivity (Wildman–Crippen MR) is 84.7 cm³/mol. The fraction of sp³-hybridized carbons (Fsp3) is 0.0625. The van der Waals surface area contributed by atoms with Gasteiger partial charge in [-0.15, -0.1) is 0 Å². The number of nitrogens with one attached hydrogen (secondary N) is 1. The second-order valence-electron chi connectivity index (χ2n) is 4.72. The van der Waals surface area contributed by atoms with Gasteiger partial charge in [-0.05, 0) is 18.6 Å². The number of aromatic nitrogens is 3. The van der Waals surface area contributed by atoms with Gasteiger partial charge in [-0.1, -0.05) is 36.4 Å². The Morgan fingerprint density at radius 2 is 1.90 bits per heavy atom. The molecule has 0 spiro atoms. The molecule has 5 heteroatoms. The molecule has 21 heavy (non-hydrogen) atoms. The number of pyridine rings is 1. The average Bonchev–Trinajstić information content (AvgIpc) is 2.44. The largest absolute Gasteiger partial charge is 0.384 e. The summed E-state index contributed by atoms with van der Waals surface area (Å²) in [6, 6.07) is 11.4. The highest BCUT2D eigenvalue weighted by molar-refractivity contribution is 5.89. The third-order valence-corrected chi connectivity index (χ3v) is 3.09. The number of nitrogens with two attached hydrogens (primary N) is 1. The van der Waals surface area contributed by atoms with E-state index in [-0.39, 0.29) is 5.56 Å². The molecule has 3 N–H and O–H groups in total. The van der Waals surface area contributed by atoms with Gasteiger partial charge in [0.1, 0.15) is 11.6 Å². The number of benzene rings is 1. The fourth-order valence-corrected chi connectivity index (χ4v) is 2.19. The van der Waals surface area contributed by atoms with Gasteiger partial charge in [0.05, 0.1) is 16.6 Å². The quantitative estimate of drug-likeness (QED) is 0.753. The van der Waals surface area contributed by atoms with Gasteiger partial charge in [0.25, 0.3) is 5.56 Å². The summed E-state index contributed by atoms with van der Waals surface area (Å²) in [5.41, 5.74) is 7.67. The van der Waals surface area contributed by atoms with E-state index in [1.54, 1.807) is 19.1 Å². The summed E-state index contributed by atoms with van der Waals surface area (Å²) in [7, 11) is 0. The number of H-pyrrole nitrogens is 1. The number of aromatic amines is 1. The first kappa shape index (κ1) is 13.1. The van der Waals surface area contributed by atoms with Crippen molar-refractivity contribution in [2.75, 3.05) is 5.73 Å². The topological polar surface area (TPSA) is 84.7 Å². The highest BCUT2D eigenvalue weighted by Gasteiger charge is 2.08. The zero-order valence-electron chi connectivity index (χ0n) is 11.5. The Kier molecular flexibility index (Phi) is 3.23. The summed E-state index contributed by atoms with van der Waals surface area (Å²) in [6.07, 6.45) is 3.67. The van der Waals surface area contributed by atoms with Crippen LogP contribution in [0.4, 0.5) is 5.82 Å². The molecule has 104 valence electrons. The summed E-state index contributed by atoms with van der Waals surface area (Å²) in [5, 5.41) is 0.446. The van der Waals surface area contributed by atoms with Crippen molar-refractivity contribution in [3.8, 4) is 0 Å². The minimum Gasteiger partial charge on any atom is -0.384 e. The molecule has 0 fully saturated rings. The van der Waals surface area contributed by atoms with Crippen LogP contribution in [0.1, 0.15) is 17.1 Å². The molecule has 0 aliphatic carbocycles. The molecule has 0 aliphatic heterocycles. The summed E-state index contributed by atoms with van der Waals surface area (Å²) >= 11 is 0. The molecule has 0 unspecified atom stereocenters. The Hall–Kier alpha value is -2.95. The molecule has 5 nitrogen and oxygen atoms in total. The molecular formula is C16H14N4O. The van der Waals surface area contributed by atoms with Crippen LogP contribution in [-0.2, 0) is 0 Å².